The smallest absolute Gasteiger partial charge is 0.265 e. The van der Waals surface area contributed by atoms with E-state index in [0.29, 0.717) is 29.3 Å². The predicted molar refractivity (Wildman–Crippen MR) is 125 cm³/mol. The highest BCUT2D eigenvalue weighted by Crippen LogP contribution is 2.21. The fourth-order valence-electron chi connectivity index (χ4n) is 2.92. The van der Waals surface area contributed by atoms with Gasteiger partial charge in [-0.3, -0.25) is 9.52 Å². The Hall–Kier alpha value is -3.52. The van der Waals surface area contributed by atoms with Crippen molar-refractivity contribution in [2.24, 2.45) is 0 Å². The molecule has 0 aromatic heterocycles. The number of nitrogens with one attached hydrogen (secondary N) is 2. The number of hydrogen-bond acceptors (Lipinski definition) is 5. The molecule has 168 valence electrons. The third-order valence-electron chi connectivity index (χ3n) is 4.74. The lowest BCUT2D eigenvalue weighted by molar-refractivity contribution is -0.122. The first-order valence-corrected chi connectivity index (χ1v) is 11.6. The SMILES string of the molecule is CC[C@H](Oc1ccc(C)cc1)C(=O)Nc1ccc(S(=O)(=O)Nc2ccc(OC)cc2)cc1. The van der Waals surface area contributed by atoms with Crippen molar-refractivity contribution in [2.75, 3.05) is 17.1 Å². The van der Waals surface area contributed by atoms with E-state index in [-0.39, 0.29) is 10.8 Å². The van der Waals surface area contributed by atoms with E-state index in [9.17, 15) is 13.2 Å². The number of rotatable bonds is 9. The van der Waals surface area contributed by atoms with Crippen LogP contribution in [0.1, 0.15) is 18.9 Å². The lowest BCUT2D eigenvalue weighted by Gasteiger charge is -2.17. The Morgan fingerprint density at radius 1 is 0.875 bits per heavy atom. The number of anilines is 2. The highest BCUT2D eigenvalue weighted by molar-refractivity contribution is 7.92. The maximum Gasteiger partial charge on any atom is 0.265 e. The van der Waals surface area contributed by atoms with Crippen molar-refractivity contribution in [3.8, 4) is 11.5 Å². The lowest BCUT2D eigenvalue weighted by Crippen LogP contribution is -2.32. The maximum absolute atomic E-state index is 12.6. The molecule has 8 heteroatoms. The van der Waals surface area contributed by atoms with Crippen molar-refractivity contribution in [3.05, 3.63) is 78.4 Å². The molecule has 0 aliphatic carbocycles. The molecule has 0 aliphatic rings. The first-order valence-electron chi connectivity index (χ1n) is 10.1. The molecule has 0 heterocycles. The van der Waals surface area contributed by atoms with Gasteiger partial charge in [0.2, 0.25) is 0 Å². The largest absolute Gasteiger partial charge is 0.497 e. The molecule has 0 unspecified atom stereocenters. The van der Waals surface area contributed by atoms with Gasteiger partial charge < -0.3 is 14.8 Å². The molecular weight excluding hydrogens is 428 g/mol. The third-order valence-corrected chi connectivity index (χ3v) is 6.13. The molecule has 0 fully saturated rings. The summed E-state index contributed by atoms with van der Waals surface area (Å²) in [7, 11) is -2.23. The van der Waals surface area contributed by atoms with Crippen LogP contribution in [0.25, 0.3) is 0 Å². The molecule has 0 radical (unpaired) electrons. The molecule has 0 saturated carbocycles. The summed E-state index contributed by atoms with van der Waals surface area (Å²) in [6.07, 6.45) is -0.185. The van der Waals surface area contributed by atoms with E-state index in [1.807, 2.05) is 38.1 Å². The Kier molecular flexibility index (Phi) is 7.37. The molecule has 3 aromatic rings. The first-order chi connectivity index (χ1) is 15.3. The maximum atomic E-state index is 12.6. The van der Waals surface area contributed by atoms with Gasteiger partial charge in [0.05, 0.1) is 12.0 Å². The van der Waals surface area contributed by atoms with Crippen molar-refractivity contribution >= 4 is 27.3 Å². The van der Waals surface area contributed by atoms with Gasteiger partial charge in [0.15, 0.2) is 6.10 Å². The number of carbonyl (C=O) groups excluding carboxylic acids is 1. The number of sulfonamides is 1. The molecule has 7 nitrogen and oxygen atoms in total. The van der Waals surface area contributed by atoms with Gasteiger partial charge in [0.1, 0.15) is 11.5 Å². The average molecular weight is 455 g/mol. The van der Waals surface area contributed by atoms with Gasteiger partial charge in [-0.1, -0.05) is 24.6 Å². The van der Waals surface area contributed by atoms with Gasteiger partial charge in [-0.05, 0) is 74.0 Å². The van der Waals surface area contributed by atoms with Crippen LogP contribution < -0.4 is 19.5 Å². The Morgan fingerprint density at radius 3 is 2.00 bits per heavy atom. The second-order valence-corrected chi connectivity index (χ2v) is 8.86. The van der Waals surface area contributed by atoms with Crippen molar-refractivity contribution in [3.63, 3.8) is 0 Å². The van der Waals surface area contributed by atoms with Gasteiger partial charge in [-0.15, -0.1) is 0 Å². The number of amides is 1. The molecule has 1 atom stereocenters. The van der Waals surface area contributed by atoms with Gasteiger partial charge in [0, 0.05) is 11.4 Å². The number of methoxy groups -OCH3 is 1. The van der Waals surface area contributed by atoms with Crippen LogP contribution in [0, 0.1) is 6.92 Å². The van der Waals surface area contributed by atoms with E-state index in [1.54, 1.807) is 36.4 Å². The Labute approximate surface area is 188 Å². The molecule has 3 rings (SSSR count). The highest BCUT2D eigenvalue weighted by Gasteiger charge is 2.19. The zero-order valence-electron chi connectivity index (χ0n) is 18.2. The second-order valence-electron chi connectivity index (χ2n) is 7.18. The fourth-order valence-corrected chi connectivity index (χ4v) is 3.98. The van der Waals surface area contributed by atoms with Crippen molar-refractivity contribution in [2.45, 2.75) is 31.3 Å². The number of benzene rings is 3. The standard InChI is InChI=1S/C24H26N2O5S/c1-4-23(31-21-11-5-17(2)6-12-21)24(27)25-18-9-15-22(16-10-18)32(28,29)26-19-7-13-20(30-3)14-8-19/h5-16,23,26H,4H2,1-3H3,(H,25,27)/t23-/m0/s1. The Morgan fingerprint density at radius 2 is 1.44 bits per heavy atom. The van der Waals surface area contributed by atoms with E-state index in [4.69, 9.17) is 9.47 Å². The van der Waals surface area contributed by atoms with Crippen LogP contribution in [-0.4, -0.2) is 27.5 Å². The number of ether oxygens (including phenoxy) is 2. The van der Waals surface area contributed by atoms with Gasteiger partial charge in [0.25, 0.3) is 15.9 Å². The molecule has 1 amide bonds. The van der Waals surface area contributed by atoms with Crippen LogP contribution in [0.4, 0.5) is 11.4 Å². The predicted octanol–water partition coefficient (Wildman–Crippen LogP) is 4.60. The van der Waals surface area contributed by atoms with Crippen molar-refractivity contribution < 1.29 is 22.7 Å². The minimum atomic E-state index is -3.77. The summed E-state index contributed by atoms with van der Waals surface area (Å²) in [6, 6.07) is 20.0. The van der Waals surface area contributed by atoms with Gasteiger partial charge >= 0.3 is 0 Å². The van der Waals surface area contributed by atoms with Gasteiger partial charge in [-0.25, -0.2) is 8.42 Å². The summed E-state index contributed by atoms with van der Waals surface area (Å²) in [4.78, 5) is 12.7. The van der Waals surface area contributed by atoms with Crippen LogP contribution in [0.15, 0.2) is 77.7 Å². The molecular formula is C24H26N2O5S. The van der Waals surface area contributed by atoms with Crippen LogP contribution in [0.3, 0.4) is 0 Å². The Bertz CT molecular complexity index is 1140. The van der Waals surface area contributed by atoms with Crippen LogP contribution >= 0.6 is 0 Å². The number of hydrogen-bond donors (Lipinski definition) is 2. The van der Waals surface area contributed by atoms with E-state index in [1.165, 1.54) is 19.2 Å². The third kappa shape index (κ3) is 6.01. The summed E-state index contributed by atoms with van der Waals surface area (Å²) >= 11 is 0. The summed E-state index contributed by atoms with van der Waals surface area (Å²) in [6.45, 7) is 3.84. The molecule has 32 heavy (non-hydrogen) atoms. The topological polar surface area (TPSA) is 93.7 Å². The molecule has 0 spiro atoms. The zero-order chi connectivity index (χ0) is 23.1. The number of aryl methyl sites for hydroxylation is 1. The minimum Gasteiger partial charge on any atom is -0.497 e. The van der Waals surface area contributed by atoms with E-state index < -0.39 is 16.1 Å². The van der Waals surface area contributed by atoms with Crippen LogP contribution in [0.5, 0.6) is 11.5 Å². The summed E-state index contributed by atoms with van der Waals surface area (Å²) in [5.74, 6) is 0.938. The molecule has 0 saturated heterocycles. The molecule has 0 bridgehead atoms. The monoisotopic (exact) mass is 454 g/mol. The van der Waals surface area contributed by atoms with E-state index >= 15 is 0 Å². The van der Waals surface area contributed by atoms with E-state index in [0.717, 1.165) is 5.56 Å². The first kappa shape index (κ1) is 23.1. The van der Waals surface area contributed by atoms with Crippen LogP contribution in [0.2, 0.25) is 0 Å². The molecule has 0 aliphatic heterocycles. The summed E-state index contributed by atoms with van der Waals surface area (Å²) < 4.78 is 38.6. The quantitative estimate of drug-likeness (QED) is 0.493. The number of carbonyl (C=O) groups is 1. The highest BCUT2D eigenvalue weighted by atomic mass is 32.2. The van der Waals surface area contributed by atoms with Crippen molar-refractivity contribution in [1.29, 1.82) is 0 Å². The van der Waals surface area contributed by atoms with Crippen LogP contribution in [-0.2, 0) is 14.8 Å². The average Bonchev–Trinajstić information content (AvgIpc) is 2.79. The van der Waals surface area contributed by atoms with E-state index in [2.05, 4.69) is 10.0 Å². The fraction of sp³-hybridized carbons (Fsp3) is 0.208. The minimum absolute atomic E-state index is 0.0780. The second kappa shape index (κ2) is 10.2. The zero-order valence-corrected chi connectivity index (χ0v) is 19.0. The Balaban J connectivity index is 1.64. The normalized spacial score (nSPS) is 12.0. The van der Waals surface area contributed by atoms with Gasteiger partial charge in [-0.2, -0.15) is 0 Å². The summed E-state index contributed by atoms with van der Waals surface area (Å²) in [5, 5.41) is 2.77. The summed E-state index contributed by atoms with van der Waals surface area (Å²) in [5.41, 5.74) is 2.00. The molecule has 2 N–H and O–H groups in total. The van der Waals surface area contributed by atoms with Crippen molar-refractivity contribution in [1.82, 2.24) is 0 Å². The lowest BCUT2D eigenvalue weighted by atomic mass is 10.2. The molecule has 3 aromatic carbocycles.